The van der Waals surface area contributed by atoms with Gasteiger partial charge in [-0.15, -0.1) is 0 Å². The van der Waals surface area contributed by atoms with E-state index >= 15 is 0 Å². The van der Waals surface area contributed by atoms with Crippen molar-refractivity contribution in [2.75, 3.05) is 24.5 Å². The molecule has 1 aromatic rings. The number of pyridine rings is 1. The molecule has 0 amide bonds. The third-order valence-electron chi connectivity index (χ3n) is 3.62. The van der Waals surface area contributed by atoms with E-state index in [9.17, 15) is 0 Å². The lowest BCUT2D eigenvalue weighted by Crippen LogP contribution is -2.43. The van der Waals surface area contributed by atoms with Gasteiger partial charge in [0.2, 0.25) is 0 Å². The van der Waals surface area contributed by atoms with Crippen molar-refractivity contribution in [3.8, 4) is 0 Å². The van der Waals surface area contributed by atoms with Gasteiger partial charge in [-0.25, -0.2) is 4.98 Å². The highest BCUT2D eigenvalue weighted by atomic mass is 79.9. The van der Waals surface area contributed by atoms with Crippen molar-refractivity contribution in [1.29, 1.82) is 0 Å². The van der Waals surface area contributed by atoms with Crippen LogP contribution in [-0.4, -0.2) is 30.2 Å². The van der Waals surface area contributed by atoms with E-state index in [1.165, 1.54) is 12.8 Å². The summed E-state index contributed by atoms with van der Waals surface area (Å²) in [4.78, 5) is 6.74. The zero-order valence-electron chi connectivity index (χ0n) is 12.4. The van der Waals surface area contributed by atoms with Crippen molar-refractivity contribution < 1.29 is 0 Å². The highest BCUT2D eigenvalue weighted by Gasteiger charge is 2.22. The van der Waals surface area contributed by atoms with Crippen molar-refractivity contribution in [3.05, 3.63) is 21.8 Å². The van der Waals surface area contributed by atoms with Crippen LogP contribution in [0.2, 0.25) is 5.02 Å². The molecule has 5 heteroatoms. The second-order valence-corrected chi connectivity index (χ2v) is 7.84. The summed E-state index contributed by atoms with van der Waals surface area (Å²) in [7, 11) is 0. The van der Waals surface area contributed by atoms with Crippen LogP contribution < -0.4 is 10.2 Å². The third kappa shape index (κ3) is 4.61. The van der Waals surface area contributed by atoms with Gasteiger partial charge < -0.3 is 10.2 Å². The quantitative estimate of drug-likeness (QED) is 0.879. The van der Waals surface area contributed by atoms with E-state index in [0.29, 0.717) is 0 Å². The van der Waals surface area contributed by atoms with Gasteiger partial charge in [0.1, 0.15) is 5.82 Å². The second-order valence-electron chi connectivity index (χ2n) is 6.52. The molecule has 0 saturated carbocycles. The molecular weight excluding hydrogens is 338 g/mol. The summed E-state index contributed by atoms with van der Waals surface area (Å²) in [6.07, 6.45) is 4.20. The molecule has 0 spiro atoms. The summed E-state index contributed by atoms with van der Waals surface area (Å²) in [5.74, 6) is 1.66. The van der Waals surface area contributed by atoms with Crippen LogP contribution in [0.4, 0.5) is 5.82 Å². The number of rotatable bonds is 3. The van der Waals surface area contributed by atoms with Gasteiger partial charge in [0.05, 0.1) is 5.02 Å². The third-order valence-corrected chi connectivity index (χ3v) is 4.34. The van der Waals surface area contributed by atoms with E-state index in [1.807, 2.05) is 12.3 Å². The number of nitrogens with one attached hydrogen (secondary N) is 1. The molecular formula is C15H23BrClN3. The van der Waals surface area contributed by atoms with E-state index in [0.717, 1.165) is 40.9 Å². The molecule has 112 valence electrons. The lowest BCUT2D eigenvalue weighted by atomic mass is 9.95. The maximum Gasteiger partial charge on any atom is 0.147 e. The van der Waals surface area contributed by atoms with Crippen LogP contribution in [0.25, 0.3) is 0 Å². The first kappa shape index (κ1) is 16.1. The number of aromatic nitrogens is 1. The first-order chi connectivity index (χ1) is 9.35. The normalized spacial score (nSPS) is 17.6. The number of halogens is 2. The number of piperidine rings is 1. The maximum absolute atomic E-state index is 6.27. The smallest absolute Gasteiger partial charge is 0.147 e. The Labute approximate surface area is 135 Å². The molecule has 1 N–H and O–H groups in total. The first-order valence-electron chi connectivity index (χ1n) is 7.16. The van der Waals surface area contributed by atoms with E-state index in [1.54, 1.807) is 0 Å². The Bertz CT molecular complexity index is 451. The number of nitrogens with zero attached hydrogens (tertiary/aromatic N) is 2. The van der Waals surface area contributed by atoms with E-state index in [2.05, 4.69) is 51.9 Å². The molecule has 20 heavy (non-hydrogen) atoms. The Hall–Kier alpha value is -0.320. The van der Waals surface area contributed by atoms with Crippen molar-refractivity contribution in [1.82, 2.24) is 10.3 Å². The Morgan fingerprint density at radius 2 is 2.05 bits per heavy atom. The highest BCUT2D eigenvalue weighted by molar-refractivity contribution is 9.10. The predicted octanol–water partition coefficient (Wildman–Crippen LogP) is 4.10. The highest BCUT2D eigenvalue weighted by Crippen LogP contribution is 2.29. The topological polar surface area (TPSA) is 28.2 Å². The molecule has 1 aliphatic rings. The van der Waals surface area contributed by atoms with Gasteiger partial charge in [-0.2, -0.15) is 0 Å². The standard InChI is InChI=1S/C15H23BrClN3/c1-15(2,3)19-9-11-4-6-20(7-5-11)14-13(17)8-12(16)10-18-14/h8,10-11,19H,4-7,9H2,1-3H3. The molecule has 0 aromatic carbocycles. The molecule has 3 nitrogen and oxygen atoms in total. The average molecular weight is 361 g/mol. The van der Waals surface area contributed by atoms with E-state index < -0.39 is 0 Å². The Morgan fingerprint density at radius 3 is 2.60 bits per heavy atom. The van der Waals surface area contributed by atoms with Crippen LogP contribution in [0.15, 0.2) is 16.7 Å². The van der Waals surface area contributed by atoms with Crippen molar-refractivity contribution in [3.63, 3.8) is 0 Å². The molecule has 0 atom stereocenters. The SMILES string of the molecule is CC(C)(C)NCC1CCN(c2ncc(Br)cc2Cl)CC1. The minimum atomic E-state index is 0.202. The predicted molar refractivity (Wildman–Crippen MR) is 89.6 cm³/mol. The van der Waals surface area contributed by atoms with Gasteiger partial charge >= 0.3 is 0 Å². The molecule has 0 unspecified atom stereocenters. The van der Waals surface area contributed by atoms with Crippen molar-refractivity contribution in [2.24, 2.45) is 5.92 Å². The molecule has 1 aliphatic heterocycles. The van der Waals surface area contributed by atoms with Crippen LogP contribution >= 0.6 is 27.5 Å². The van der Waals surface area contributed by atoms with Crippen molar-refractivity contribution in [2.45, 2.75) is 39.2 Å². The van der Waals surface area contributed by atoms with E-state index in [4.69, 9.17) is 11.6 Å². The lowest BCUT2D eigenvalue weighted by molar-refractivity contribution is 0.328. The molecule has 0 aliphatic carbocycles. The average Bonchev–Trinajstić information content (AvgIpc) is 2.36. The van der Waals surface area contributed by atoms with Crippen LogP contribution in [0.5, 0.6) is 0 Å². The second kappa shape index (κ2) is 6.63. The van der Waals surface area contributed by atoms with Gasteiger partial charge in [-0.3, -0.25) is 0 Å². The Kier molecular flexibility index (Phi) is 5.32. The molecule has 1 saturated heterocycles. The van der Waals surface area contributed by atoms with Crippen LogP contribution in [0, 0.1) is 5.92 Å². The first-order valence-corrected chi connectivity index (χ1v) is 8.33. The summed E-state index contributed by atoms with van der Waals surface area (Å²) in [6.45, 7) is 9.81. The molecule has 0 radical (unpaired) electrons. The molecule has 2 heterocycles. The van der Waals surface area contributed by atoms with Crippen LogP contribution in [-0.2, 0) is 0 Å². The number of anilines is 1. The monoisotopic (exact) mass is 359 g/mol. The fourth-order valence-electron chi connectivity index (χ4n) is 2.44. The fourth-order valence-corrected chi connectivity index (χ4v) is 3.19. The minimum Gasteiger partial charge on any atom is -0.355 e. The minimum absolute atomic E-state index is 0.202. The van der Waals surface area contributed by atoms with Crippen molar-refractivity contribution >= 4 is 33.3 Å². The fraction of sp³-hybridized carbons (Fsp3) is 0.667. The maximum atomic E-state index is 6.27. The van der Waals surface area contributed by atoms with Gasteiger partial charge in [-0.1, -0.05) is 11.6 Å². The van der Waals surface area contributed by atoms with Crippen LogP contribution in [0.1, 0.15) is 33.6 Å². The summed E-state index contributed by atoms with van der Waals surface area (Å²) in [5, 5.41) is 4.33. The summed E-state index contributed by atoms with van der Waals surface area (Å²) in [6, 6.07) is 1.91. The van der Waals surface area contributed by atoms with Gasteiger partial charge in [-0.05, 0) is 68.1 Å². The Morgan fingerprint density at radius 1 is 1.40 bits per heavy atom. The van der Waals surface area contributed by atoms with Gasteiger partial charge in [0.15, 0.2) is 0 Å². The molecule has 0 bridgehead atoms. The zero-order valence-corrected chi connectivity index (χ0v) is 14.8. The molecule has 2 rings (SSSR count). The van der Waals surface area contributed by atoms with Gasteiger partial charge in [0.25, 0.3) is 0 Å². The zero-order chi connectivity index (χ0) is 14.8. The van der Waals surface area contributed by atoms with Gasteiger partial charge in [0, 0.05) is 29.3 Å². The summed E-state index contributed by atoms with van der Waals surface area (Å²) < 4.78 is 0.926. The number of hydrogen-bond acceptors (Lipinski definition) is 3. The van der Waals surface area contributed by atoms with Crippen LogP contribution in [0.3, 0.4) is 0 Å². The summed E-state index contributed by atoms with van der Waals surface area (Å²) >= 11 is 9.67. The molecule has 1 fully saturated rings. The Balaban J connectivity index is 1.88. The largest absolute Gasteiger partial charge is 0.355 e. The molecule has 1 aromatic heterocycles. The van der Waals surface area contributed by atoms with E-state index in [-0.39, 0.29) is 5.54 Å². The lowest BCUT2D eigenvalue weighted by Gasteiger charge is -2.34. The summed E-state index contributed by atoms with van der Waals surface area (Å²) in [5.41, 5.74) is 0.202. The number of hydrogen-bond donors (Lipinski definition) is 1.